The van der Waals surface area contributed by atoms with E-state index in [1.54, 1.807) is 5.57 Å². The van der Waals surface area contributed by atoms with Gasteiger partial charge in [-0.05, 0) is 92.3 Å². The molecule has 8 atom stereocenters. The van der Waals surface area contributed by atoms with Crippen molar-refractivity contribution < 1.29 is 10.2 Å². The largest absolute Gasteiger partial charge is 0.393 e. The standard InChI is InChI=1S/C28H44O2/c1-17(2)18(3)7-8-19(4)24-16-25(30)26-22-10-9-20-15-21(29)11-13-27(20,5)23(22)12-14-28(24,26)6/h10,17,20-21,23-26,29-30H,3-4,7-9,11-16H2,1-2,5-6H3. The third-order valence-corrected chi connectivity index (χ3v) is 10.1. The van der Waals surface area contributed by atoms with Gasteiger partial charge in [0.25, 0.3) is 0 Å². The van der Waals surface area contributed by atoms with Gasteiger partial charge >= 0.3 is 0 Å². The first-order valence-corrected chi connectivity index (χ1v) is 12.5. The Hall–Kier alpha value is -0.860. The van der Waals surface area contributed by atoms with Gasteiger partial charge in [-0.2, -0.15) is 0 Å². The third kappa shape index (κ3) is 3.47. The predicted molar refractivity (Wildman–Crippen MR) is 125 cm³/mol. The molecule has 0 aromatic heterocycles. The molecule has 4 aliphatic rings. The molecule has 0 bridgehead atoms. The molecule has 168 valence electrons. The molecule has 4 aliphatic carbocycles. The van der Waals surface area contributed by atoms with E-state index in [4.69, 9.17) is 0 Å². The van der Waals surface area contributed by atoms with Gasteiger partial charge in [0, 0.05) is 5.92 Å². The highest BCUT2D eigenvalue weighted by molar-refractivity contribution is 5.31. The van der Waals surface area contributed by atoms with Gasteiger partial charge in [0.2, 0.25) is 0 Å². The Morgan fingerprint density at radius 2 is 1.77 bits per heavy atom. The minimum atomic E-state index is -0.242. The van der Waals surface area contributed by atoms with Crippen LogP contribution in [0.3, 0.4) is 0 Å². The van der Waals surface area contributed by atoms with Crippen LogP contribution in [0.2, 0.25) is 0 Å². The first kappa shape index (κ1) is 22.3. The fourth-order valence-electron chi connectivity index (χ4n) is 7.97. The van der Waals surface area contributed by atoms with E-state index in [1.807, 2.05) is 0 Å². The Balaban J connectivity index is 1.56. The fourth-order valence-corrected chi connectivity index (χ4v) is 7.97. The molecule has 0 aromatic carbocycles. The van der Waals surface area contributed by atoms with Crippen LogP contribution in [0.25, 0.3) is 0 Å². The summed E-state index contributed by atoms with van der Waals surface area (Å²) in [6.45, 7) is 18.1. The molecule has 0 aromatic rings. The lowest BCUT2D eigenvalue weighted by Gasteiger charge is -2.57. The summed E-state index contributed by atoms with van der Waals surface area (Å²) in [6, 6.07) is 0. The van der Waals surface area contributed by atoms with Crippen molar-refractivity contribution in [2.75, 3.05) is 0 Å². The van der Waals surface area contributed by atoms with Crippen molar-refractivity contribution in [1.29, 1.82) is 0 Å². The zero-order valence-electron chi connectivity index (χ0n) is 19.8. The Morgan fingerprint density at radius 3 is 2.47 bits per heavy atom. The monoisotopic (exact) mass is 412 g/mol. The molecule has 0 radical (unpaired) electrons. The van der Waals surface area contributed by atoms with Crippen LogP contribution in [-0.2, 0) is 0 Å². The average molecular weight is 413 g/mol. The van der Waals surface area contributed by atoms with E-state index in [9.17, 15) is 10.2 Å². The highest BCUT2D eigenvalue weighted by Gasteiger charge is 2.60. The van der Waals surface area contributed by atoms with Crippen molar-refractivity contribution in [3.8, 4) is 0 Å². The van der Waals surface area contributed by atoms with Crippen LogP contribution in [0, 0.1) is 40.4 Å². The van der Waals surface area contributed by atoms with Gasteiger partial charge in [0.1, 0.15) is 0 Å². The van der Waals surface area contributed by atoms with Crippen molar-refractivity contribution in [2.24, 2.45) is 40.4 Å². The van der Waals surface area contributed by atoms with Crippen LogP contribution in [0.5, 0.6) is 0 Å². The number of allylic oxidation sites excluding steroid dienone is 3. The second-order valence-corrected chi connectivity index (χ2v) is 12.0. The summed E-state index contributed by atoms with van der Waals surface area (Å²) in [6.07, 6.45) is 11.6. The molecule has 0 spiro atoms. The number of aliphatic hydroxyl groups excluding tert-OH is 2. The third-order valence-electron chi connectivity index (χ3n) is 10.1. The van der Waals surface area contributed by atoms with Gasteiger partial charge in [-0.15, -0.1) is 0 Å². The van der Waals surface area contributed by atoms with E-state index in [-0.39, 0.29) is 23.5 Å². The molecule has 0 amide bonds. The molecule has 30 heavy (non-hydrogen) atoms. The van der Waals surface area contributed by atoms with Gasteiger partial charge in [-0.25, -0.2) is 0 Å². The van der Waals surface area contributed by atoms with Gasteiger partial charge in [0.15, 0.2) is 0 Å². The molecule has 0 heterocycles. The lowest BCUT2D eigenvalue weighted by atomic mass is 9.47. The lowest BCUT2D eigenvalue weighted by Crippen LogP contribution is -2.50. The Bertz CT molecular complexity index is 733. The summed E-state index contributed by atoms with van der Waals surface area (Å²) in [7, 11) is 0. The maximum Gasteiger partial charge on any atom is 0.0616 e. The number of fused-ring (bicyclic) bond motifs is 5. The SMILES string of the molecule is C=C(CCC(=C)C1CC(O)C2C3=CCC4CC(O)CCC4(C)C3CCC12C)C(C)C. The minimum Gasteiger partial charge on any atom is -0.393 e. The quantitative estimate of drug-likeness (QED) is 0.510. The van der Waals surface area contributed by atoms with Gasteiger partial charge in [0.05, 0.1) is 12.2 Å². The van der Waals surface area contributed by atoms with Crippen molar-refractivity contribution in [2.45, 2.75) is 97.7 Å². The summed E-state index contributed by atoms with van der Waals surface area (Å²) in [5, 5.41) is 21.5. The molecule has 2 nitrogen and oxygen atoms in total. The molecule has 0 saturated heterocycles. The van der Waals surface area contributed by atoms with E-state index < -0.39 is 0 Å². The van der Waals surface area contributed by atoms with E-state index in [0.717, 1.165) is 44.9 Å². The highest BCUT2D eigenvalue weighted by atomic mass is 16.3. The Kier molecular flexibility index (Phi) is 5.90. The fraction of sp³-hybridized carbons (Fsp3) is 0.786. The maximum absolute atomic E-state index is 11.3. The predicted octanol–water partition coefficient (Wildman–Crippen LogP) is 6.45. The second kappa shape index (κ2) is 7.93. The minimum absolute atomic E-state index is 0.114. The molecule has 8 unspecified atom stereocenters. The maximum atomic E-state index is 11.3. The summed E-state index contributed by atoms with van der Waals surface area (Å²) in [5.74, 6) is 2.42. The molecule has 2 N–H and O–H groups in total. The summed E-state index contributed by atoms with van der Waals surface area (Å²) in [4.78, 5) is 0. The van der Waals surface area contributed by atoms with Crippen LogP contribution in [-0.4, -0.2) is 22.4 Å². The lowest BCUT2D eigenvalue weighted by molar-refractivity contribution is -0.0461. The Morgan fingerprint density at radius 1 is 1.07 bits per heavy atom. The molecule has 3 fully saturated rings. The zero-order chi connectivity index (χ0) is 21.8. The van der Waals surface area contributed by atoms with Crippen molar-refractivity contribution >= 4 is 0 Å². The van der Waals surface area contributed by atoms with E-state index in [0.29, 0.717) is 29.1 Å². The molecular formula is C28H44O2. The number of aliphatic hydroxyl groups is 2. The molecule has 4 rings (SSSR count). The van der Waals surface area contributed by atoms with Crippen LogP contribution >= 0.6 is 0 Å². The van der Waals surface area contributed by atoms with E-state index in [1.165, 1.54) is 24.0 Å². The van der Waals surface area contributed by atoms with Crippen LogP contribution < -0.4 is 0 Å². The van der Waals surface area contributed by atoms with E-state index in [2.05, 4.69) is 46.9 Å². The summed E-state index contributed by atoms with van der Waals surface area (Å²) in [5.41, 5.74) is 4.64. The van der Waals surface area contributed by atoms with Gasteiger partial charge in [-0.1, -0.05) is 63.6 Å². The average Bonchev–Trinajstić information content (AvgIpc) is 2.97. The first-order chi connectivity index (χ1) is 14.1. The van der Waals surface area contributed by atoms with Crippen LogP contribution in [0.15, 0.2) is 36.0 Å². The summed E-state index contributed by atoms with van der Waals surface area (Å²) >= 11 is 0. The zero-order valence-corrected chi connectivity index (χ0v) is 19.8. The Labute approximate surface area is 184 Å². The van der Waals surface area contributed by atoms with Crippen LogP contribution in [0.1, 0.15) is 85.5 Å². The van der Waals surface area contributed by atoms with Gasteiger partial charge < -0.3 is 10.2 Å². The summed E-state index contributed by atoms with van der Waals surface area (Å²) < 4.78 is 0. The van der Waals surface area contributed by atoms with E-state index >= 15 is 0 Å². The smallest absolute Gasteiger partial charge is 0.0616 e. The second-order valence-electron chi connectivity index (χ2n) is 12.0. The molecule has 0 aliphatic heterocycles. The number of hydrogen-bond acceptors (Lipinski definition) is 2. The molecule has 2 heteroatoms. The van der Waals surface area contributed by atoms with Gasteiger partial charge in [-0.3, -0.25) is 0 Å². The van der Waals surface area contributed by atoms with Crippen molar-refractivity contribution in [3.05, 3.63) is 36.0 Å². The molecule has 3 saturated carbocycles. The topological polar surface area (TPSA) is 40.5 Å². The normalized spacial score (nSPS) is 45.4. The number of hydrogen-bond donors (Lipinski definition) is 2. The van der Waals surface area contributed by atoms with Crippen molar-refractivity contribution in [3.63, 3.8) is 0 Å². The van der Waals surface area contributed by atoms with Crippen LogP contribution in [0.4, 0.5) is 0 Å². The first-order valence-electron chi connectivity index (χ1n) is 12.5. The molecular weight excluding hydrogens is 368 g/mol. The number of rotatable bonds is 5. The highest BCUT2D eigenvalue weighted by Crippen LogP contribution is 2.66. The van der Waals surface area contributed by atoms with Crippen molar-refractivity contribution in [1.82, 2.24) is 0 Å².